The molecule has 6 nitrogen and oxygen atoms in total. The number of carbonyl (C=O) groups excluding carboxylic acids is 1. The average molecular weight is 358 g/mol. The van der Waals surface area contributed by atoms with Gasteiger partial charge in [0.05, 0.1) is 17.4 Å². The van der Waals surface area contributed by atoms with Crippen LogP contribution in [0.25, 0.3) is 11.0 Å². The van der Waals surface area contributed by atoms with Crippen molar-refractivity contribution in [1.29, 1.82) is 0 Å². The summed E-state index contributed by atoms with van der Waals surface area (Å²) in [4.78, 5) is 19.4. The maximum atomic E-state index is 12.2. The van der Waals surface area contributed by atoms with Crippen molar-refractivity contribution < 1.29 is 4.79 Å². The van der Waals surface area contributed by atoms with E-state index < -0.39 is 0 Å². The first-order chi connectivity index (χ1) is 12.8. The molecule has 0 atom stereocenters. The number of unbranched alkanes of at least 4 members (excludes halogenated alkanes) is 1. The zero-order chi connectivity index (χ0) is 18.0. The van der Waals surface area contributed by atoms with Gasteiger partial charge in [-0.25, -0.2) is 4.98 Å². The third-order valence-corrected chi connectivity index (χ3v) is 5.09. The number of imidazole rings is 1. The average Bonchev–Trinajstić information content (AvgIpc) is 3.15. The van der Waals surface area contributed by atoms with Crippen LogP contribution in [0.2, 0.25) is 0 Å². The molecular formula is C20H31N5O. The molecule has 0 aliphatic heterocycles. The lowest BCUT2D eigenvalue weighted by Crippen LogP contribution is -2.36. The highest BCUT2D eigenvalue weighted by Gasteiger charge is 2.11. The van der Waals surface area contributed by atoms with Gasteiger partial charge in [-0.05, 0) is 50.4 Å². The van der Waals surface area contributed by atoms with Crippen LogP contribution in [-0.4, -0.2) is 48.1 Å². The van der Waals surface area contributed by atoms with E-state index >= 15 is 0 Å². The van der Waals surface area contributed by atoms with Gasteiger partial charge in [-0.15, -0.1) is 0 Å². The van der Waals surface area contributed by atoms with Gasteiger partial charge in [0, 0.05) is 31.2 Å². The molecular weight excluding hydrogens is 326 g/mol. The van der Waals surface area contributed by atoms with Gasteiger partial charge in [0.1, 0.15) is 0 Å². The summed E-state index contributed by atoms with van der Waals surface area (Å²) in [6, 6.07) is 6.27. The summed E-state index contributed by atoms with van der Waals surface area (Å²) in [7, 11) is 0. The predicted molar refractivity (Wildman–Crippen MR) is 105 cm³/mol. The van der Waals surface area contributed by atoms with E-state index in [1.807, 2.05) is 18.2 Å². The van der Waals surface area contributed by atoms with Crippen LogP contribution in [0.1, 0.15) is 55.3 Å². The van der Waals surface area contributed by atoms with E-state index in [9.17, 15) is 4.79 Å². The van der Waals surface area contributed by atoms with E-state index in [4.69, 9.17) is 0 Å². The number of benzene rings is 1. The normalized spacial score (nSPS) is 15.4. The minimum atomic E-state index is -0.0221. The van der Waals surface area contributed by atoms with Crippen LogP contribution in [0.5, 0.6) is 0 Å². The number of amides is 1. The number of H-pyrrole nitrogens is 1. The topological polar surface area (TPSA) is 81.8 Å². The molecule has 1 amide bonds. The van der Waals surface area contributed by atoms with Gasteiger partial charge >= 0.3 is 0 Å². The van der Waals surface area contributed by atoms with Crippen LogP contribution in [0, 0.1) is 0 Å². The third-order valence-electron chi connectivity index (χ3n) is 5.09. The van der Waals surface area contributed by atoms with Crippen LogP contribution in [0.4, 0.5) is 0 Å². The van der Waals surface area contributed by atoms with E-state index in [0.29, 0.717) is 12.1 Å². The lowest BCUT2D eigenvalue weighted by atomic mass is 9.95. The molecule has 6 heteroatoms. The quantitative estimate of drug-likeness (QED) is 0.493. The molecule has 1 aliphatic carbocycles. The number of nitrogens with one attached hydrogen (secondary N) is 4. The first kappa shape index (κ1) is 18.9. The fraction of sp³-hybridized carbons (Fsp3) is 0.600. The molecule has 142 valence electrons. The zero-order valence-electron chi connectivity index (χ0n) is 15.5. The molecule has 1 fully saturated rings. The van der Waals surface area contributed by atoms with Gasteiger partial charge in [-0.1, -0.05) is 19.3 Å². The van der Waals surface area contributed by atoms with Gasteiger partial charge in [-0.3, -0.25) is 4.79 Å². The minimum Gasteiger partial charge on any atom is -0.352 e. The van der Waals surface area contributed by atoms with Crippen molar-refractivity contribution in [2.75, 3.05) is 26.2 Å². The van der Waals surface area contributed by atoms with Gasteiger partial charge in [0.2, 0.25) is 0 Å². The molecule has 1 heterocycles. The molecule has 1 aromatic heterocycles. The second-order valence-electron chi connectivity index (χ2n) is 7.14. The number of carbonyl (C=O) groups is 1. The fourth-order valence-electron chi connectivity index (χ4n) is 3.55. The van der Waals surface area contributed by atoms with E-state index in [-0.39, 0.29) is 5.91 Å². The number of nitrogens with zero attached hydrogens (tertiary/aromatic N) is 1. The second-order valence-corrected chi connectivity index (χ2v) is 7.14. The fourth-order valence-corrected chi connectivity index (χ4v) is 3.55. The van der Waals surface area contributed by atoms with Crippen molar-refractivity contribution in [3.63, 3.8) is 0 Å². The van der Waals surface area contributed by atoms with Gasteiger partial charge in [-0.2, -0.15) is 0 Å². The summed E-state index contributed by atoms with van der Waals surface area (Å²) < 4.78 is 0. The summed E-state index contributed by atoms with van der Waals surface area (Å²) in [5.74, 6) is -0.0221. The standard InChI is InChI=1S/C20H31N5O/c26-20(16-8-9-18-19(14-16)25-15-24-18)23-11-5-4-10-21-12-13-22-17-6-2-1-3-7-17/h8-9,14-15,17,21-22H,1-7,10-13H2,(H,23,26)(H,24,25). The number of hydrogen-bond acceptors (Lipinski definition) is 4. The van der Waals surface area contributed by atoms with Crippen LogP contribution in [-0.2, 0) is 0 Å². The Morgan fingerprint density at radius 1 is 1.08 bits per heavy atom. The molecule has 1 aliphatic rings. The molecule has 0 radical (unpaired) electrons. The predicted octanol–water partition coefficient (Wildman–Crippen LogP) is 2.58. The van der Waals surface area contributed by atoms with Crippen molar-refractivity contribution in [2.45, 2.75) is 51.0 Å². The number of rotatable bonds is 10. The number of aromatic nitrogens is 2. The molecule has 4 N–H and O–H groups in total. The maximum absolute atomic E-state index is 12.2. The zero-order valence-corrected chi connectivity index (χ0v) is 15.5. The van der Waals surface area contributed by atoms with E-state index in [0.717, 1.165) is 49.6 Å². The molecule has 1 aromatic carbocycles. The van der Waals surface area contributed by atoms with E-state index in [2.05, 4.69) is 25.9 Å². The number of hydrogen-bond donors (Lipinski definition) is 4. The highest BCUT2D eigenvalue weighted by Crippen LogP contribution is 2.16. The van der Waals surface area contributed by atoms with Crippen molar-refractivity contribution in [1.82, 2.24) is 25.9 Å². The minimum absolute atomic E-state index is 0.0221. The lowest BCUT2D eigenvalue weighted by molar-refractivity contribution is 0.0953. The Labute approximate surface area is 155 Å². The van der Waals surface area contributed by atoms with Crippen LogP contribution in [0.3, 0.4) is 0 Å². The van der Waals surface area contributed by atoms with Crippen molar-refractivity contribution in [3.05, 3.63) is 30.1 Å². The summed E-state index contributed by atoms with van der Waals surface area (Å²) in [6.07, 6.45) is 10.6. The smallest absolute Gasteiger partial charge is 0.251 e. The lowest BCUT2D eigenvalue weighted by Gasteiger charge is -2.22. The Bertz CT molecular complexity index is 678. The second kappa shape index (κ2) is 10.3. The highest BCUT2D eigenvalue weighted by atomic mass is 16.1. The summed E-state index contributed by atoms with van der Waals surface area (Å²) in [5.41, 5.74) is 2.45. The Morgan fingerprint density at radius 2 is 1.92 bits per heavy atom. The number of fused-ring (bicyclic) bond motifs is 1. The molecule has 0 spiro atoms. The van der Waals surface area contributed by atoms with Crippen molar-refractivity contribution in [2.24, 2.45) is 0 Å². The van der Waals surface area contributed by atoms with Crippen molar-refractivity contribution in [3.8, 4) is 0 Å². The van der Waals surface area contributed by atoms with Crippen LogP contribution < -0.4 is 16.0 Å². The van der Waals surface area contributed by atoms with Crippen LogP contribution in [0.15, 0.2) is 24.5 Å². The first-order valence-electron chi connectivity index (χ1n) is 9.98. The molecule has 1 saturated carbocycles. The molecule has 0 saturated heterocycles. The number of aromatic amines is 1. The maximum Gasteiger partial charge on any atom is 0.251 e. The Balaban J connectivity index is 1.20. The molecule has 26 heavy (non-hydrogen) atoms. The van der Waals surface area contributed by atoms with E-state index in [1.54, 1.807) is 6.33 Å². The summed E-state index contributed by atoms with van der Waals surface area (Å²) in [5, 5.41) is 10.1. The van der Waals surface area contributed by atoms with Gasteiger partial charge in [0.15, 0.2) is 0 Å². The molecule has 2 aromatic rings. The first-order valence-corrected chi connectivity index (χ1v) is 9.98. The Hall–Kier alpha value is -1.92. The van der Waals surface area contributed by atoms with Crippen LogP contribution >= 0.6 is 0 Å². The highest BCUT2D eigenvalue weighted by molar-refractivity contribution is 5.97. The Kier molecular flexibility index (Phi) is 7.46. The van der Waals surface area contributed by atoms with Gasteiger partial charge in [0.25, 0.3) is 5.91 Å². The SMILES string of the molecule is O=C(NCCCCNCCNC1CCCCC1)c1ccc2nc[nH]c2c1. The molecule has 0 unspecified atom stereocenters. The monoisotopic (exact) mass is 357 g/mol. The Morgan fingerprint density at radius 3 is 2.81 bits per heavy atom. The van der Waals surface area contributed by atoms with Crippen molar-refractivity contribution >= 4 is 16.9 Å². The third kappa shape index (κ3) is 5.81. The largest absolute Gasteiger partial charge is 0.352 e. The summed E-state index contributed by atoms with van der Waals surface area (Å²) >= 11 is 0. The van der Waals surface area contributed by atoms with Gasteiger partial charge < -0.3 is 20.9 Å². The van der Waals surface area contributed by atoms with E-state index in [1.165, 1.54) is 32.1 Å². The summed E-state index contributed by atoms with van der Waals surface area (Å²) in [6.45, 7) is 3.79. The molecule has 0 bridgehead atoms. The molecule has 3 rings (SSSR count).